The van der Waals surface area contributed by atoms with Crippen LogP contribution in [-0.4, -0.2) is 87.5 Å². The number of hydrogen-bond acceptors (Lipinski definition) is 8. The number of amides is 1. The number of aliphatic hydroxyl groups is 5. The van der Waals surface area contributed by atoms with Crippen LogP contribution in [-0.2, 0) is 14.3 Å². The summed E-state index contributed by atoms with van der Waals surface area (Å²) >= 11 is 0. The topological polar surface area (TPSA) is 149 Å². The first-order valence-electron chi connectivity index (χ1n) is 15.3. The van der Waals surface area contributed by atoms with Gasteiger partial charge in [-0.2, -0.15) is 0 Å². The Morgan fingerprint density at radius 1 is 0.725 bits per heavy atom. The van der Waals surface area contributed by atoms with E-state index in [1.54, 1.807) is 6.92 Å². The molecule has 1 heterocycles. The summed E-state index contributed by atoms with van der Waals surface area (Å²) in [6.07, 6.45) is -6.70. The van der Waals surface area contributed by atoms with Crippen LogP contribution in [0.4, 0.5) is 0 Å². The average molecular weight is 730 g/mol. The van der Waals surface area contributed by atoms with Gasteiger partial charge in [0.15, 0.2) is 6.29 Å². The maximum absolute atomic E-state index is 12.5. The largest absolute Gasteiger partial charge is 0.394 e. The molecule has 2 unspecified atom stereocenters. The third-order valence-electron chi connectivity index (χ3n) is 6.11. The average Bonchev–Trinajstić information content (AvgIpc) is 3.09. The second-order valence-electron chi connectivity index (χ2n) is 11.3. The summed E-state index contributed by atoms with van der Waals surface area (Å²) in [6, 6.07) is -0.975. The van der Waals surface area contributed by atoms with Crippen molar-refractivity contribution in [1.82, 2.24) is 5.32 Å². The van der Waals surface area contributed by atoms with Crippen LogP contribution in [0.25, 0.3) is 0 Å². The van der Waals surface area contributed by atoms with E-state index in [1.807, 2.05) is 0 Å². The maximum atomic E-state index is 12.5. The molecule has 0 spiro atoms. The Kier molecular flexibility index (Phi) is 21.8. The predicted octanol–water partition coefficient (Wildman–Crippen LogP) is 4.83. The molecular weight excluding hydrogens is 646 g/mol. The van der Waals surface area contributed by atoms with Crippen molar-refractivity contribution in [2.24, 2.45) is 5.41 Å². The molecule has 0 aliphatic carbocycles. The Balaban J connectivity index is -0.0000000493. The number of nitrogens with one attached hydrogen (secondary N) is 1. The lowest BCUT2D eigenvalue weighted by Gasteiger charge is -2.40. The second-order valence-corrected chi connectivity index (χ2v) is 11.3. The van der Waals surface area contributed by atoms with Crippen molar-refractivity contribution in [2.75, 3.05) is 13.2 Å². The number of hydrogen-bond donors (Lipinski definition) is 6. The molecule has 0 bridgehead atoms. The molecule has 1 fully saturated rings. The minimum Gasteiger partial charge on any atom is -0.394 e. The van der Waals surface area contributed by atoms with Gasteiger partial charge in [0, 0.05) is 75.7 Å². The van der Waals surface area contributed by atoms with Crippen molar-refractivity contribution in [1.29, 1.82) is 0 Å². The summed E-state index contributed by atoms with van der Waals surface area (Å²) in [5.74, 6) is 58.6. The van der Waals surface area contributed by atoms with Crippen LogP contribution in [0.2, 0.25) is 0 Å². The lowest BCUT2D eigenvalue weighted by atomic mass is 9.88. The van der Waals surface area contributed by atoms with Crippen LogP contribution in [0.1, 0.15) is 81.2 Å². The Labute approximate surface area is 336 Å². The molecule has 9 nitrogen and oxygen atoms in total. The summed E-state index contributed by atoms with van der Waals surface area (Å²) in [6.45, 7) is 6.91. The molecule has 0 aromatic carbocycles. The quantitative estimate of drug-likeness (QED) is 0.185. The molecule has 0 saturated carbocycles. The fraction of sp³-hybridized carbons (Fsp3) is 0.405. The van der Waals surface area contributed by atoms with E-state index in [0.29, 0.717) is 12.8 Å². The maximum Gasteiger partial charge on any atom is 0.297 e. The van der Waals surface area contributed by atoms with Gasteiger partial charge in [-0.1, -0.05) is 33.1 Å². The molecule has 1 saturated heterocycles. The smallest absolute Gasteiger partial charge is 0.297 e. The van der Waals surface area contributed by atoms with Crippen molar-refractivity contribution >= 4 is 5.91 Å². The molecule has 9 heteroatoms. The molecule has 1 rings (SSSR count). The zero-order chi connectivity index (χ0) is 37.7. The Hall–Kier alpha value is -6.09. The van der Waals surface area contributed by atoms with E-state index in [9.17, 15) is 30.3 Å². The monoisotopic (exact) mass is 730 g/mol. The highest BCUT2D eigenvalue weighted by Gasteiger charge is 2.44. The van der Waals surface area contributed by atoms with Crippen molar-refractivity contribution < 1.29 is 74.0 Å². The van der Waals surface area contributed by atoms with Gasteiger partial charge in [0.1, 0.15) is 24.4 Å². The van der Waals surface area contributed by atoms with Crippen LogP contribution < -0.4 is 5.32 Å². The van der Waals surface area contributed by atoms with Gasteiger partial charge in [-0.15, -0.1) is 0 Å². The molecule has 1 aliphatic heterocycles. The zero-order valence-electron chi connectivity index (χ0n) is 28.5. The Morgan fingerprint density at radius 3 is 1.57 bits per heavy atom. The van der Waals surface area contributed by atoms with Crippen molar-refractivity contribution in [3.63, 3.8) is 0 Å². The zero-order valence-corrected chi connectivity index (χ0v) is 28.5. The lowest BCUT2D eigenvalue weighted by Crippen LogP contribution is -2.60. The van der Waals surface area contributed by atoms with E-state index < -0.39 is 55.4 Å². The molecule has 304 valence electrons. The Bertz CT molecular complexity index is 2070. The molecule has 0 radical (unpaired) electrons. The number of aliphatic hydroxyl groups excluding tert-OH is 5. The summed E-state index contributed by atoms with van der Waals surface area (Å²) < 4.78 is 10.9. The third-order valence-corrected chi connectivity index (χ3v) is 6.11. The van der Waals surface area contributed by atoms with Gasteiger partial charge in [0.2, 0.25) is 0 Å². The van der Waals surface area contributed by atoms with E-state index in [0.717, 1.165) is 6.42 Å². The Morgan fingerprint density at radius 2 is 1.16 bits per heavy atom. The minimum absolute atomic E-state index is 0. The van der Waals surface area contributed by atoms with Crippen molar-refractivity contribution in [3.05, 3.63) is 0 Å². The number of carbonyl (C=O) groups is 1. The van der Waals surface area contributed by atoms with Gasteiger partial charge >= 0.3 is 0 Å². The van der Waals surface area contributed by atoms with Crippen LogP contribution in [0.3, 0.4) is 0 Å². The molecule has 7 atom stereocenters. The van der Waals surface area contributed by atoms with Crippen LogP contribution >= 0.6 is 0 Å². The van der Waals surface area contributed by atoms with E-state index in [4.69, 9.17) is 9.47 Å². The highest BCUT2D eigenvalue weighted by Crippen LogP contribution is 2.24. The van der Waals surface area contributed by atoms with Gasteiger partial charge in [-0.3, -0.25) is 4.79 Å². The summed E-state index contributed by atoms with van der Waals surface area (Å²) in [7, 11) is 0. The fourth-order valence-electron chi connectivity index (χ4n) is 3.68. The van der Waals surface area contributed by atoms with E-state index in [2.05, 4.69) is 168 Å². The number of rotatable bonds is 9. The summed E-state index contributed by atoms with van der Waals surface area (Å²) in [4.78, 5) is 12.5. The normalized spacial score (nSPS) is 18.5. The summed E-state index contributed by atoms with van der Waals surface area (Å²) in [5.41, 5.74) is 0.0351. The van der Waals surface area contributed by atoms with Crippen LogP contribution in [0.15, 0.2) is 0 Å². The van der Waals surface area contributed by atoms with E-state index in [1.165, 1.54) is 0 Å². The minimum atomic E-state index is -1.64. The first kappa shape index (κ1) is 42.9. The molecule has 51 heavy (non-hydrogen) atoms. The van der Waals surface area contributed by atoms with E-state index in [-0.39, 0.29) is 46.3 Å². The first-order chi connectivity index (χ1) is 24.5. The van der Waals surface area contributed by atoms with Gasteiger partial charge in [0.25, 0.3) is 5.91 Å². The van der Waals surface area contributed by atoms with Crippen LogP contribution in [0, 0.1) is 148 Å². The lowest BCUT2D eigenvalue weighted by molar-refractivity contribution is -0.302. The van der Waals surface area contributed by atoms with Gasteiger partial charge in [-0.25, -0.2) is 0 Å². The van der Waals surface area contributed by atoms with Gasteiger partial charge in [-0.05, 0) is 120 Å². The molecule has 0 aromatic heterocycles. The van der Waals surface area contributed by atoms with E-state index >= 15 is 0 Å². The second kappa shape index (κ2) is 25.9. The molecule has 0 aromatic rings. The van der Waals surface area contributed by atoms with Crippen molar-refractivity contribution in [2.45, 2.75) is 89.8 Å². The highest BCUT2D eigenvalue weighted by molar-refractivity contribution is 5.94. The standard InChI is InChI=1S/C42H35NO8.24H2/c1-5-6-7-8-9-10-11-12-13-14-15-16-17-18-19-20-21-22-23-24-25-26-27-30-37(46)43-34(35(45)29-28-31-42(2,3)4)33-50-41-40(49)39(48)38(47)36(32-44)51-41;;;;;;;;;;;;;;;;;;;;;;;;/h34-36,38-41,44-45,47-49H,28-29,31-33H2,1-4H3,(H,43,46);24*1H/t34-,35+,36?,38-,39-,40?,41-;;;;;;;;;;;;;;;;;;;;;;;;/m0......................../s1. The molecular formula is C42H83NO8. The van der Waals surface area contributed by atoms with Crippen molar-refractivity contribution in [3.8, 4) is 142 Å². The van der Waals surface area contributed by atoms with Crippen LogP contribution in [0.5, 0.6) is 0 Å². The number of ether oxygens (including phenoxy) is 2. The predicted molar refractivity (Wildman–Crippen MR) is 241 cm³/mol. The number of carbonyl (C=O) groups excluding carboxylic acids is 1. The first-order valence-corrected chi connectivity index (χ1v) is 15.3. The summed E-state index contributed by atoms with van der Waals surface area (Å²) in [5, 5.41) is 53.0. The third kappa shape index (κ3) is 20.8. The fourth-order valence-corrected chi connectivity index (χ4v) is 3.68. The van der Waals surface area contributed by atoms with Gasteiger partial charge < -0.3 is 40.3 Å². The SMILES string of the molecule is CC#CC#CC#CC#CC#CC#CC#CC#CC#CC#CC#CC#CC(=O)N[C@@H](CO[C@H]1OC(CO)[C@H](O)[C@H](O)C1O)[C@H](O)CCCC(C)(C)C.[HH].[HH].[HH].[HH].[HH].[HH].[HH].[HH].[HH].[HH].[HH].[HH].[HH].[HH].[HH].[HH].[HH].[HH].[HH].[HH].[HH].[HH].[HH].[HH]. The molecule has 1 amide bonds. The molecule has 1 aliphatic rings. The molecule has 6 N–H and O–H groups in total. The highest BCUT2D eigenvalue weighted by atomic mass is 16.7. The van der Waals surface area contributed by atoms with Gasteiger partial charge in [0.05, 0.1) is 25.4 Å².